The number of benzene rings is 1. The summed E-state index contributed by atoms with van der Waals surface area (Å²) in [6, 6.07) is 1.40. The van der Waals surface area contributed by atoms with Crippen LogP contribution >= 0.6 is 12.6 Å². The molecule has 0 heterocycles. The van der Waals surface area contributed by atoms with Gasteiger partial charge in [-0.15, -0.1) is 0 Å². The van der Waals surface area contributed by atoms with E-state index in [4.69, 9.17) is 10.8 Å². The van der Waals surface area contributed by atoms with Crippen molar-refractivity contribution in [2.45, 2.75) is 57.3 Å². The van der Waals surface area contributed by atoms with Crippen molar-refractivity contribution in [2.75, 3.05) is 5.75 Å². The Balaban J connectivity index is 2.79. The number of phenols is 1. The average Bonchev–Trinajstić information content (AvgIpc) is 2.78. The molecule has 0 aliphatic rings. The van der Waals surface area contributed by atoms with E-state index in [2.05, 4.69) is 28.6 Å². The van der Waals surface area contributed by atoms with Crippen LogP contribution in [0.4, 0.5) is 0 Å². The highest BCUT2D eigenvalue weighted by molar-refractivity contribution is 7.80. The Kier molecular flexibility index (Phi) is 12.0. The predicted molar refractivity (Wildman–Crippen MR) is 129 cm³/mol. The molecule has 0 saturated carbocycles. The molecule has 0 spiro atoms. The monoisotopic (exact) mass is 512 g/mol. The van der Waals surface area contributed by atoms with Crippen molar-refractivity contribution in [2.24, 2.45) is 11.7 Å². The van der Waals surface area contributed by atoms with Crippen LogP contribution in [0.5, 0.6) is 5.75 Å². The number of carboxylic acid groups (broad SMARTS) is 2. The lowest BCUT2D eigenvalue weighted by molar-refractivity contribution is -0.143. The summed E-state index contributed by atoms with van der Waals surface area (Å²) in [5, 5.41) is 34.6. The van der Waals surface area contributed by atoms with E-state index >= 15 is 0 Å². The first-order chi connectivity index (χ1) is 16.3. The average molecular weight is 513 g/mol. The van der Waals surface area contributed by atoms with Gasteiger partial charge >= 0.3 is 11.9 Å². The van der Waals surface area contributed by atoms with Crippen LogP contribution in [0.15, 0.2) is 24.3 Å². The first kappa shape index (κ1) is 29.7. The smallest absolute Gasteiger partial charge is 0.326 e. The number of rotatable bonds is 14. The number of phenolic OH excluding ortho intramolecular Hbond substituents is 1. The summed E-state index contributed by atoms with van der Waals surface area (Å²) in [4.78, 5) is 60.0. The molecule has 1 aromatic carbocycles. The topological polar surface area (TPSA) is 208 Å². The molecule has 35 heavy (non-hydrogen) atoms. The van der Waals surface area contributed by atoms with Gasteiger partial charge in [-0.1, -0.05) is 26.0 Å². The van der Waals surface area contributed by atoms with Crippen molar-refractivity contribution in [3.05, 3.63) is 29.8 Å². The zero-order chi connectivity index (χ0) is 26.7. The zero-order valence-corrected chi connectivity index (χ0v) is 20.3. The Morgan fingerprint density at radius 2 is 1.49 bits per heavy atom. The first-order valence-corrected chi connectivity index (χ1v) is 11.5. The van der Waals surface area contributed by atoms with Crippen molar-refractivity contribution in [3.63, 3.8) is 0 Å². The van der Waals surface area contributed by atoms with Gasteiger partial charge in [0, 0.05) is 12.2 Å². The molecule has 4 unspecified atom stereocenters. The summed E-state index contributed by atoms with van der Waals surface area (Å²) in [7, 11) is 0. The van der Waals surface area contributed by atoms with E-state index in [0.29, 0.717) is 5.56 Å². The second-order valence-corrected chi connectivity index (χ2v) is 8.65. The van der Waals surface area contributed by atoms with E-state index in [-0.39, 0.29) is 24.3 Å². The SMILES string of the molecule is CC(C)C(NC(=O)C(CS)NC(=O)C(N)Cc1ccc(O)cc1)C(=O)NC(CCC(=O)O)C(=O)O. The van der Waals surface area contributed by atoms with Crippen molar-refractivity contribution in [1.29, 1.82) is 0 Å². The molecule has 3 amide bonds. The number of hydrogen-bond donors (Lipinski definition) is 8. The standard InChI is InChI=1S/C22H32N4O8S/c1-11(2)18(21(32)24-15(22(33)34)7-8-17(28)29)26-20(31)16(10-35)25-19(30)14(23)9-12-3-5-13(27)6-4-12/h3-6,11,14-16,18,27,35H,7-10,23H2,1-2H3,(H,24,32)(H,25,30)(H,26,31)(H,28,29)(H,33,34). The Morgan fingerprint density at radius 1 is 0.914 bits per heavy atom. The number of hydrogen-bond acceptors (Lipinski definition) is 8. The minimum Gasteiger partial charge on any atom is -0.508 e. The molecule has 1 aromatic rings. The van der Waals surface area contributed by atoms with Crippen LogP contribution in [0.2, 0.25) is 0 Å². The Morgan fingerprint density at radius 3 is 1.97 bits per heavy atom. The number of aromatic hydroxyl groups is 1. The number of carbonyl (C=O) groups excluding carboxylic acids is 3. The van der Waals surface area contributed by atoms with Crippen LogP contribution in [-0.4, -0.2) is 74.9 Å². The second-order valence-electron chi connectivity index (χ2n) is 8.28. The van der Waals surface area contributed by atoms with Crippen molar-refractivity contribution < 1.29 is 39.3 Å². The fourth-order valence-corrected chi connectivity index (χ4v) is 3.28. The Hall–Kier alpha value is -3.32. The van der Waals surface area contributed by atoms with Crippen molar-refractivity contribution >= 4 is 42.3 Å². The van der Waals surface area contributed by atoms with E-state index in [1.165, 1.54) is 12.1 Å². The van der Waals surface area contributed by atoms with Gasteiger partial charge < -0.3 is 37.0 Å². The third-order valence-electron chi connectivity index (χ3n) is 5.05. The molecule has 0 aromatic heterocycles. The van der Waals surface area contributed by atoms with Crippen molar-refractivity contribution in [3.8, 4) is 5.75 Å². The van der Waals surface area contributed by atoms with Gasteiger partial charge in [-0.3, -0.25) is 19.2 Å². The lowest BCUT2D eigenvalue weighted by Crippen LogP contribution is -2.59. The van der Waals surface area contributed by atoms with E-state index in [0.717, 1.165) is 0 Å². The number of carboxylic acids is 2. The van der Waals surface area contributed by atoms with Gasteiger partial charge in [0.15, 0.2) is 0 Å². The van der Waals surface area contributed by atoms with E-state index in [1.807, 2.05) is 0 Å². The molecule has 1 rings (SSSR count). The van der Waals surface area contributed by atoms with Gasteiger partial charge in [-0.25, -0.2) is 4.79 Å². The third-order valence-corrected chi connectivity index (χ3v) is 5.42. The molecular weight excluding hydrogens is 480 g/mol. The summed E-state index contributed by atoms with van der Waals surface area (Å²) in [6.45, 7) is 3.25. The Bertz CT molecular complexity index is 909. The first-order valence-electron chi connectivity index (χ1n) is 10.9. The molecule has 0 aliphatic heterocycles. The third kappa shape index (κ3) is 10.2. The number of nitrogens with one attached hydrogen (secondary N) is 3. The van der Waals surface area contributed by atoms with Crippen LogP contribution in [0.1, 0.15) is 32.3 Å². The van der Waals surface area contributed by atoms with Crippen LogP contribution in [0.3, 0.4) is 0 Å². The lowest BCUT2D eigenvalue weighted by Gasteiger charge is -2.26. The normalized spacial score (nSPS) is 14.3. The van der Waals surface area contributed by atoms with E-state index in [9.17, 15) is 34.2 Å². The Labute approximate surface area is 208 Å². The van der Waals surface area contributed by atoms with Crippen LogP contribution < -0.4 is 21.7 Å². The second kappa shape index (κ2) is 14.2. The van der Waals surface area contributed by atoms with Gasteiger partial charge in [0.05, 0.1) is 6.04 Å². The molecular formula is C22H32N4O8S. The molecule has 0 fully saturated rings. The molecule has 4 atom stereocenters. The molecule has 0 aliphatic carbocycles. The number of thiol groups is 1. The largest absolute Gasteiger partial charge is 0.508 e. The minimum absolute atomic E-state index is 0.0684. The molecule has 8 N–H and O–H groups in total. The van der Waals surface area contributed by atoms with Gasteiger partial charge in [-0.2, -0.15) is 12.6 Å². The van der Waals surface area contributed by atoms with Gasteiger partial charge in [0.2, 0.25) is 17.7 Å². The number of nitrogens with two attached hydrogens (primary N) is 1. The predicted octanol–water partition coefficient (Wildman–Crippen LogP) is -0.748. The fourth-order valence-electron chi connectivity index (χ4n) is 3.03. The highest BCUT2D eigenvalue weighted by Gasteiger charge is 2.31. The molecule has 12 nitrogen and oxygen atoms in total. The maximum absolute atomic E-state index is 12.8. The summed E-state index contributed by atoms with van der Waals surface area (Å²) < 4.78 is 0. The molecule has 0 radical (unpaired) electrons. The maximum Gasteiger partial charge on any atom is 0.326 e. The summed E-state index contributed by atoms with van der Waals surface area (Å²) in [5.41, 5.74) is 6.63. The highest BCUT2D eigenvalue weighted by Crippen LogP contribution is 2.11. The maximum atomic E-state index is 12.8. The number of carbonyl (C=O) groups is 5. The fraction of sp³-hybridized carbons (Fsp3) is 0.500. The highest BCUT2D eigenvalue weighted by atomic mass is 32.1. The van der Waals surface area contributed by atoms with E-state index < -0.39 is 66.2 Å². The minimum atomic E-state index is -1.45. The van der Waals surface area contributed by atoms with Gasteiger partial charge in [0.25, 0.3) is 0 Å². The van der Waals surface area contributed by atoms with Crippen LogP contribution in [-0.2, 0) is 30.4 Å². The number of aliphatic carboxylic acids is 2. The summed E-state index contributed by atoms with van der Waals surface area (Å²) in [5.74, 6) is -5.27. The summed E-state index contributed by atoms with van der Waals surface area (Å²) in [6.07, 6.45) is -0.644. The lowest BCUT2D eigenvalue weighted by atomic mass is 10.0. The van der Waals surface area contributed by atoms with Crippen molar-refractivity contribution in [1.82, 2.24) is 16.0 Å². The number of amides is 3. The molecule has 0 bridgehead atoms. The van der Waals surface area contributed by atoms with Gasteiger partial charge in [-0.05, 0) is 36.5 Å². The van der Waals surface area contributed by atoms with E-state index in [1.54, 1.807) is 26.0 Å². The quantitative estimate of drug-likeness (QED) is 0.147. The zero-order valence-electron chi connectivity index (χ0n) is 19.4. The van der Waals surface area contributed by atoms with Crippen LogP contribution in [0.25, 0.3) is 0 Å². The summed E-state index contributed by atoms with van der Waals surface area (Å²) >= 11 is 4.09. The molecule has 0 saturated heterocycles. The molecule has 13 heteroatoms. The van der Waals surface area contributed by atoms with Gasteiger partial charge in [0.1, 0.15) is 23.9 Å². The van der Waals surface area contributed by atoms with Crippen LogP contribution in [0, 0.1) is 5.92 Å². The molecule has 194 valence electrons.